The average Bonchev–Trinajstić information content (AvgIpc) is 3.17. The van der Waals surface area contributed by atoms with Crippen molar-refractivity contribution in [2.45, 2.75) is 80.1 Å². The summed E-state index contributed by atoms with van der Waals surface area (Å²) in [5.74, 6) is 0. The van der Waals surface area contributed by atoms with E-state index in [2.05, 4.69) is 172 Å². The molecule has 3 heterocycles. The number of pyridine rings is 3. The number of aromatic nitrogens is 3. The summed E-state index contributed by atoms with van der Waals surface area (Å²) in [5, 5.41) is 0. The van der Waals surface area contributed by atoms with Crippen molar-refractivity contribution in [1.29, 1.82) is 0 Å². The molecule has 0 spiro atoms. The van der Waals surface area contributed by atoms with Crippen molar-refractivity contribution in [3.8, 4) is 67.2 Å². The molecule has 7 rings (SSSR count). The van der Waals surface area contributed by atoms with Gasteiger partial charge < -0.3 is 0 Å². The molecule has 54 heavy (non-hydrogen) atoms. The highest BCUT2D eigenvalue weighted by atomic mass is 14.7. The predicted octanol–water partition coefficient (Wildman–Crippen LogP) is 13.7. The van der Waals surface area contributed by atoms with Crippen LogP contribution in [-0.2, 0) is 10.8 Å². The van der Waals surface area contributed by atoms with Crippen LogP contribution >= 0.6 is 0 Å². The van der Waals surface area contributed by atoms with Gasteiger partial charge in [-0.05, 0) is 130 Å². The highest BCUT2D eigenvalue weighted by Crippen LogP contribution is 2.44. The van der Waals surface area contributed by atoms with Crippen LogP contribution in [0.15, 0.2) is 128 Å². The van der Waals surface area contributed by atoms with Gasteiger partial charge in [0.1, 0.15) is 0 Å². The van der Waals surface area contributed by atoms with E-state index in [9.17, 15) is 0 Å². The molecular formula is C51H51N3. The molecule has 0 aliphatic carbocycles. The zero-order valence-corrected chi connectivity index (χ0v) is 33.5. The van der Waals surface area contributed by atoms with Crippen LogP contribution in [0.5, 0.6) is 0 Å². The normalized spacial score (nSPS) is 11.9. The Labute approximate surface area is 322 Å². The third kappa shape index (κ3) is 7.03. The first kappa shape index (κ1) is 36.7. The van der Waals surface area contributed by atoms with Gasteiger partial charge in [-0.1, -0.05) is 120 Å². The molecule has 0 saturated heterocycles. The van der Waals surface area contributed by atoms with E-state index in [0.29, 0.717) is 0 Å². The van der Waals surface area contributed by atoms with Crippen LogP contribution in [0.1, 0.15) is 74.9 Å². The quantitative estimate of drug-likeness (QED) is 0.173. The van der Waals surface area contributed by atoms with Crippen molar-refractivity contribution in [1.82, 2.24) is 15.0 Å². The Morgan fingerprint density at radius 1 is 0.370 bits per heavy atom. The van der Waals surface area contributed by atoms with Gasteiger partial charge in [-0.3, -0.25) is 15.0 Å². The van der Waals surface area contributed by atoms with Crippen LogP contribution in [0.3, 0.4) is 0 Å². The molecule has 3 heteroatoms. The summed E-state index contributed by atoms with van der Waals surface area (Å²) in [6, 6.07) is 39.4. The van der Waals surface area contributed by atoms with Crippen LogP contribution < -0.4 is 0 Å². The van der Waals surface area contributed by atoms with Gasteiger partial charge in [-0.25, -0.2) is 0 Å². The smallest absolute Gasteiger partial charge is 0.0785 e. The molecule has 270 valence electrons. The minimum atomic E-state index is 0.0644. The molecule has 0 bridgehead atoms. The fourth-order valence-corrected chi connectivity index (χ4v) is 7.61. The Bertz CT molecular complexity index is 2270. The average molecular weight is 706 g/mol. The summed E-state index contributed by atoms with van der Waals surface area (Å²) in [7, 11) is 0. The lowest BCUT2D eigenvalue weighted by molar-refractivity contribution is 0.589. The Balaban J connectivity index is 1.26. The van der Waals surface area contributed by atoms with Gasteiger partial charge in [0.15, 0.2) is 0 Å². The first-order chi connectivity index (χ1) is 25.7. The summed E-state index contributed by atoms with van der Waals surface area (Å²) in [6.07, 6.45) is 5.76. The van der Waals surface area contributed by atoms with E-state index in [1.807, 2.05) is 24.7 Å². The van der Waals surface area contributed by atoms with Crippen LogP contribution in [0.4, 0.5) is 0 Å². The molecule has 0 amide bonds. The Kier molecular flexibility index (Phi) is 9.70. The number of rotatable bonds is 6. The van der Waals surface area contributed by atoms with E-state index in [0.717, 1.165) is 39.3 Å². The van der Waals surface area contributed by atoms with Crippen molar-refractivity contribution in [2.75, 3.05) is 0 Å². The second-order valence-electron chi connectivity index (χ2n) is 16.7. The summed E-state index contributed by atoms with van der Waals surface area (Å²) in [5.41, 5.74) is 21.4. The summed E-state index contributed by atoms with van der Waals surface area (Å²) in [6.45, 7) is 22.5. The molecule has 3 nitrogen and oxygen atoms in total. The van der Waals surface area contributed by atoms with Crippen molar-refractivity contribution in [3.63, 3.8) is 0 Å². The van der Waals surface area contributed by atoms with E-state index in [1.54, 1.807) is 0 Å². The van der Waals surface area contributed by atoms with Gasteiger partial charge in [0.05, 0.1) is 17.1 Å². The van der Waals surface area contributed by atoms with Crippen molar-refractivity contribution >= 4 is 0 Å². The SMILES string of the molecule is Cc1c(C)c(-c2ncccc2-c2ccc(-c3cc(C(C)(C)C)ccn3)cc2)c(C)c(C)c1-c1ccccc1-c1ccc(-c2cc(C(C)(C)C)ccn2)cc1. The van der Waals surface area contributed by atoms with E-state index >= 15 is 0 Å². The molecule has 0 unspecified atom stereocenters. The molecule has 7 aromatic rings. The Hall–Kier alpha value is -5.67. The van der Waals surface area contributed by atoms with E-state index < -0.39 is 0 Å². The van der Waals surface area contributed by atoms with Gasteiger partial charge in [0.2, 0.25) is 0 Å². The summed E-state index contributed by atoms with van der Waals surface area (Å²) >= 11 is 0. The molecule has 0 atom stereocenters. The Morgan fingerprint density at radius 3 is 1.26 bits per heavy atom. The number of nitrogens with zero attached hydrogens (tertiary/aromatic N) is 3. The van der Waals surface area contributed by atoms with Crippen LogP contribution in [0.25, 0.3) is 67.2 Å². The lowest BCUT2D eigenvalue weighted by Crippen LogP contribution is -2.11. The standard InChI is InChI=1S/C51H51N3/c1-32-34(3)48(49-43(16-13-27-54-49)37-19-23-39(24-20-37)46-31-41(26-29-53-46)51(8,9)10)35(4)33(2)47(32)44-15-12-11-14-42(44)36-17-21-38(22-18-36)45-30-40(25-28-52-45)50(5,6)7/h11-31H,1-10H3. The maximum atomic E-state index is 5.05. The van der Waals surface area contributed by atoms with Crippen LogP contribution in [0.2, 0.25) is 0 Å². The van der Waals surface area contributed by atoms with E-state index in [4.69, 9.17) is 15.0 Å². The zero-order chi connectivity index (χ0) is 38.4. The zero-order valence-electron chi connectivity index (χ0n) is 33.5. The molecule has 0 N–H and O–H groups in total. The first-order valence-corrected chi connectivity index (χ1v) is 19.0. The molecule has 0 radical (unpaired) electrons. The van der Waals surface area contributed by atoms with Crippen molar-refractivity contribution in [2.24, 2.45) is 0 Å². The summed E-state index contributed by atoms with van der Waals surface area (Å²) in [4.78, 5) is 14.5. The molecule has 4 aromatic carbocycles. The highest BCUT2D eigenvalue weighted by Gasteiger charge is 2.23. The lowest BCUT2D eigenvalue weighted by Gasteiger charge is -2.23. The second-order valence-corrected chi connectivity index (χ2v) is 16.7. The molecule has 0 saturated carbocycles. The third-order valence-corrected chi connectivity index (χ3v) is 11.1. The number of benzene rings is 4. The maximum Gasteiger partial charge on any atom is 0.0785 e. The highest BCUT2D eigenvalue weighted by molar-refractivity contribution is 5.92. The lowest BCUT2D eigenvalue weighted by atomic mass is 9.81. The molecule has 0 aliphatic rings. The molecular weight excluding hydrogens is 655 g/mol. The van der Waals surface area contributed by atoms with Gasteiger partial charge in [-0.15, -0.1) is 0 Å². The van der Waals surface area contributed by atoms with Gasteiger partial charge in [0.25, 0.3) is 0 Å². The van der Waals surface area contributed by atoms with Gasteiger partial charge in [-0.2, -0.15) is 0 Å². The fourth-order valence-electron chi connectivity index (χ4n) is 7.61. The number of hydrogen-bond donors (Lipinski definition) is 0. The fraction of sp³-hybridized carbons (Fsp3) is 0.235. The van der Waals surface area contributed by atoms with E-state index in [-0.39, 0.29) is 10.8 Å². The predicted molar refractivity (Wildman–Crippen MR) is 229 cm³/mol. The topological polar surface area (TPSA) is 38.7 Å². The van der Waals surface area contributed by atoms with E-state index in [1.165, 1.54) is 61.2 Å². The summed E-state index contributed by atoms with van der Waals surface area (Å²) < 4.78 is 0. The molecule has 3 aromatic heterocycles. The van der Waals surface area contributed by atoms with Gasteiger partial charge in [0, 0.05) is 40.8 Å². The third-order valence-electron chi connectivity index (χ3n) is 11.1. The minimum absolute atomic E-state index is 0.0644. The second kappa shape index (κ2) is 14.3. The molecule has 0 fully saturated rings. The van der Waals surface area contributed by atoms with Gasteiger partial charge >= 0.3 is 0 Å². The van der Waals surface area contributed by atoms with Crippen molar-refractivity contribution in [3.05, 3.63) is 161 Å². The van der Waals surface area contributed by atoms with Crippen molar-refractivity contribution < 1.29 is 0 Å². The number of hydrogen-bond acceptors (Lipinski definition) is 3. The minimum Gasteiger partial charge on any atom is -0.256 e. The molecule has 0 aliphatic heterocycles. The maximum absolute atomic E-state index is 5.05. The largest absolute Gasteiger partial charge is 0.256 e. The van der Waals surface area contributed by atoms with Crippen LogP contribution in [-0.4, -0.2) is 15.0 Å². The first-order valence-electron chi connectivity index (χ1n) is 19.0. The van der Waals surface area contributed by atoms with Crippen LogP contribution in [0, 0.1) is 27.7 Å². The Morgan fingerprint density at radius 2 is 0.778 bits per heavy atom. The monoisotopic (exact) mass is 705 g/mol.